The van der Waals surface area contributed by atoms with Crippen LogP contribution in [0, 0.1) is 13.8 Å². The highest BCUT2D eigenvalue weighted by Crippen LogP contribution is 2.34. The SMILES string of the molecule is COc1ccc(C(C(=O)NCc2ccccc2)N(C(=O)c2snc(C(N)=O)c2N)c2ccc(C)c(C)c2)cc1. The Morgan fingerprint density at radius 3 is 2.28 bits per heavy atom. The molecule has 0 bridgehead atoms. The average molecular weight is 544 g/mol. The first-order valence-corrected chi connectivity index (χ1v) is 12.9. The van der Waals surface area contributed by atoms with Gasteiger partial charge in [0.1, 0.15) is 16.7 Å². The predicted molar refractivity (Wildman–Crippen MR) is 152 cm³/mol. The van der Waals surface area contributed by atoms with E-state index in [0.717, 1.165) is 28.2 Å². The largest absolute Gasteiger partial charge is 0.497 e. The van der Waals surface area contributed by atoms with E-state index in [2.05, 4.69) is 9.69 Å². The van der Waals surface area contributed by atoms with Crippen LogP contribution in [0.25, 0.3) is 0 Å². The summed E-state index contributed by atoms with van der Waals surface area (Å²) in [6.07, 6.45) is 0. The lowest BCUT2D eigenvalue weighted by Crippen LogP contribution is -2.44. The molecule has 3 aromatic carbocycles. The number of amides is 3. The molecule has 0 aliphatic carbocycles. The van der Waals surface area contributed by atoms with Gasteiger partial charge in [0.05, 0.1) is 12.8 Å². The van der Waals surface area contributed by atoms with Crippen LogP contribution in [0.1, 0.15) is 48.5 Å². The van der Waals surface area contributed by atoms with Gasteiger partial charge in [-0.25, -0.2) is 0 Å². The molecule has 0 aliphatic rings. The minimum Gasteiger partial charge on any atom is -0.497 e. The van der Waals surface area contributed by atoms with Crippen LogP contribution in [-0.4, -0.2) is 29.2 Å². The quantitative estimate of drug-likeness (QED) is 0.290. The van der Waals surface area contributed by atoms with Crippen molar-refractivity contribution >= 4 is 40.6 Å². The number of benzene rings is 3. The summed E-state index contributed by atoms with van der Waals surface area (Å²) in [6, 6.07) is 20.8. The van der Waals surface area contributed by atoms with E-state index < -0.39 is 23.8 Å². The third-order valence-electron chi connectivity index (χ3n) is 6.39. The number of methoxy groups -OCH3 is 1. The first kappa shape index (κ1) is 27.3. The zero-order chi connectivity index (χ0) is 28.1. The standard InChI is InChI=1S/C29H29N5O4S/c1-17-9-12-21(15-18(17)2)34(29(37)26-23(30)24(27(31)35)33-39-26)25(20-10-13-22(38-3)14-11-20)28(36)32-16-19-7-5-4-6-8-19/h4-15,25H,16,30H2,1-3H3,(H2,31,35)(H,32,36). The summed E-state index contributed by atoms with van der Waals surface area (Å²) in [6.45, 7) is 4.14. The Hall–Kier alpha value is -4.70. The molecule has 200 valence electrons. The lowest BCUT2D eigenvalue weighted by atomic mass is 10.0. The van der Waals surface area contributed by atoms with Crippen molar-refractivity contribution in [2.45, 2.75) is 26.4 Å². The number of aryl methyl sites for hydroxylation is 2. The number of hydrogen-bond donors (Lipinski definition) is 3. The van der Waals surface area contributed by atoms with Gasteiger partial charge in [-0.05, 0) is 71.9 Å². The predicted octanol–water partition coefficient (Wildman–Crippen LogP) is 4.15. The van der Waals surface area contributed by atoms with Crippen molar-refractivity contribution in [2.75, 3.05) is 17.7 Å². The minimum atomic E-state index is -1.09. The van der Waals surface area contributed by atoms with Crippen LogP contribution < -0.4 is 26.4 Å². The van der Waals surface area contributed by atoms with E-state index in [1.807, 2.05) is 56.3 Å². The Bertz CT molecular complexity index is 1500. The maximum Gasteiger partial charge on any atom is 0.273 e. The molecule has 39 heavy (non-hydrogen) atoms. The number of carbonyl (C=O) groups is 3. The third-order valence-corrected chi connectivity index (χ3v) is 7.24. The smallest absolute Gasteiger partial charge is 0.273 e. The fourth-order valence-electron chi connectivity index (χ4n) is 4.08. The second-order valence-corrected chi connectivity index (χ2v) is 9.73. The summed E-state index contributed by atoms with van der Waals surface area (Å²) in [5.74, 6) is -1.23. The molecule has 1 unspecified atom stereocenters. The highest BCUT2D eigenvalue weighted by molar-refractivity contribution is 7.09. The number of anilines is 2. The first-order chi connectivity index (χ1) is 18.7. The van der Waals surface area contributed by atoms with Gasteiger partial charge >= 0.3 is 0 Å². The number of rotatable bonds is 9. The average Bonchev–Trinajstić information content (AvgIpc) is 3.34. The van der Waals surface area contributed by atoms with E-state index in [-0.39, 0.29) is 22.8 Å². The van der Waals surface area contributed by atoms with Crippen molar-refractivity contribution in [3.63, 3.8) is 0 Å². The Labute approximate surface area is 230 Å². The summed E-state index contributed by atoms with van der Waals surface area (Å²) in [4.78, 5) is 41.3. The molecule has 1 heterocycles. The van der Waals surface area contributed by atoms with Gasteiger partial charge in [0.25, 0.3) is 11.8 Å². The van der Waals surface area contributed by atoms with Gasteiger partial charge in [-0.15, -0.1) is 0 Å². The van der Waals surface area contributed by atoms with Crippen LogP contribution >= 0.6 is 11.5 Å². The lowest BCUT2D eigenvalue weighted by molar-refractivity contribution is -0.122. The number of carbonyl (C=O) groups excluding carboxylic acids is 3. The Morgan fingerprint density at radius 2 is 1.69 bits per heavy atom. The van der Waals surface area contributed by atoms with E-state index in [4.69, 9.17) is 16.2 Å². The molecule has 5 N–H and O–H groups in total. The van der Waals surface area contributed by atoms with Gasteiger partial charge in [0.2, 0.25) is 5.91 Å². The van der Waals surface area contributed by atoms with E-state index >= 15 is 0 Å². The van der Waals surface area contributed by atoms with Gasteiger partial charge in [-0.3, -0.25) is 19.3 Å². The molecule has 4 aromatic rings. The van der Waals surface area contributed by atoms with Gasteiger partial charge in [-0.2, -0.15) is 4.37 Å². The summed E-state index contributed by atoms with van der Waals surface area (Å²) < 4.78 is 9.30. The Balaban J connectivity index is 1.85. The lowest BCUT2D eigenvalue weighted by Gasteiger charge is -2.32. The van der Waals surface area contributed by atoms with Crippen molar-refractivity contribution in [3.05, 3.63) is 106 Å². The van der Waals surface area contributed by atoms with E-state index in [9.17, 15) is 14.4 Å². The summed E-state index contributed by atoms with van der Waals surface area (Å²) in [5.41, 5.74) is 15.1. The molecule has 0 aliphatic heterocycles. The maximum atomic E-state index is 14.2. The molecule has 9 nitrogen and oxygen atoms in total. The fraction of sp³-hybridized carbons (Fsp3) is 0.172. The molecule has 4 rings (SSSR count). The van der Waals surface area contributed by atoms with Crippen LogP contribution in [0.15, 0.2) is 72.8 Å². The zero-order valence-electron chi connectivity index (χ0n) is 21.8. The highest BCUT2D eigenvalue weighted by Gasteiger charge is 2.36. The second kappa shape index (κ2) is 11.8. The third kappa shape index (κ3) is 5.91. The van der Waals surface area contributed by atoms with Crippen molar-refractivity contribution in [3.8, 4) is 5.75 Å². The summed E-state index contributed by atoms with van der Waals surface area (Å²) in [5, 5.41) is 2.97. The molecule has 1 atom stereocenters. The first-order valence-electron chi connectivity index (χ1n) is 12.1. The van der Waals surface area contributed by atoms with Crippen LogP contribution in [0.5, 0.6) is 5.75 Å². The highest BCUT2D eigenvalue weighted by atomic mass is 32.1. The molecule has 0 saturated heterocycles. The molecule has 0 saturated carbocycles. The number of nitrogen functional groups attached to an aromatic ring is 1. The monoisotopic (exact) mass is 543 g/mol. The Morgan fingerprint density at radius 1 is 1.00 bits per heavy atom. The van der Waals surface area contributed by atoms with Crippen molar-refractivity contribution in [1.82, 2.24) is 9.69 Å². The van der Waals surface area contributed by atoms with Crippen molar-refractivity contribution < 1.29 is 19.1 Å². The van der Waals surface area contributed by atoms with Gasteiger partial charge in [-0.1, -0.05) is 48.5 Å². The minimum absolute atomic E-state index is 0.0106. The van der Waals surface area contributed by atoms with E-state index in [1.54, 1.807) is 37.4 Å². The molecular formula is C29H29N5O4S. The number of aromatic nitrogens is 1. The zero-order valence-corrected chi connectivity index (χ0v) is 22.6. The number of nitrogens with one attached hydrogen (secondary N) is 1. The Kier molecular flexibility index (Phi) is 8.26. The van der Waals surface area contributed by atoms with Crippen LogP contribution in [0.3, 0.4) is 0 Å². The van der Waals surface area contributed by atoms with Crippen LogP contribution in [0.2, 0.25) is 0 Å². The molecule has 0 radical (unpaired) electrons. The van der Waals surface area contributed by atoms with E-state index in [0.29, 0.717) is 17.0 Å². The molecule has 3 amide bonds. The number of ether oxygens (including phenoxy) is 1. The normalized spacial score (nSPS) is 11.5. The number of nitrogens with zero attached hydrogens (tertiary/aromatic N) is 2. The topological polar surface area (TPSA) is 141 Å². The molecule has 1 aromatic heterocycles. The maximum absolute atomic E-state index is 14.2. The van der Waals surface area contributed by atoms with Crippen molar-refractivity contribution in [2.24, 2.45) is 5.73 Å². The summed E-state index contributed by atoms with van der Waals surface area (Å²) in [7, 11) is 1.55. The van der Waals surface area contributed by atoms with Crippen molar-refractivity contribution in [1.29, 1.82) is 0 Å². The van der Waals surface area contributed by atoms with Crippen LogP contribution in [-0.2, 0) is 11.3 Å². The molecular weight excluding hydrogens is 514 g/mol. The fourth-order valence-corrected chi connectivity index (χ4v) is 4.83. The van der Waals surface area contributed by atoms with Gasteiger partial charge in [0, 0.05) is 12.2 Å². The van der Waals surface area contributed by atoms with Gasteiger partial charge < -0.3 is 21.5 Å². The molecule has 0 spiro atoms. The number of primary amides is 1. The van der Waals surface area contributed by atoms with Crippen LogP contribution in [0.4, 0.5) is 11.4 Å². The van der Waals surface area contributed by atoms with E-state index in [1.165, 1.54) is 4.90 Å². The summed E-state index contributed by atoms with van der Waals surface area (Å²) >= 11 is 0.765. The molecule has 0 fully saturated rings. The molecule has 10 heteroatoms. The second-order valence-electron chi connectivity index (χ2n) is 8.96. The number of nitrogens with two attached hydrogens (primary N) is 2. The number of hydrogen-bond acceptors (Lipinski definition) is 7. The van der Waals surface area contributed by atoms with Gasteiger partial charge in [0.15, 0.2) is 5.69 Å².